The van der Waals surface area contributed by atoms with Crippen LogP contribution in [0, 0.1) is 5.92 Å². The van der Waals surface area contributed by atoms with Gasteiger partial charge >= 0.3 is 12.1 Å². The van der Waals surface area contributed by atoms with Gasteiger partial charge in [0.2, 0.25) is 17.7 Å². The molecule has 58 heavy (non-hydrogen) atoms. The molecule has 4 N–H and O–H groups in total. The number of carboxylic acids is 1. The lowest BCUT2D eigenvalue weighted by atomic mass is 10.0. The fraction of sp³-hybridized carbons (Fsp3) is 0.465. The smallest absolute Gasteiger partial charge is 0.408 e. The quantitative estimate of drug-likeness (QED) is 0.159. The summed E-state index contributed by atoms with van der Waals surface area (Å²) < 4.78 is 12.1. The molecule has 0 bridgehead atoms. The standard InChI is InChI=1S/C43H50N6O8S/c1-42(2,3)57-41(55)47-31-16-11-6-4-5-10-15-28-23-43(28,40(53)54)48-37(51)33-22-29(25-49(33)39(31)52)56-38-35(34-17-12-20-58-34)45-32-21-27(18-19-30(32)46-38)36(50)44-24-26-13-8-7-9-14-26/h7-9,12-14,17-21,28-29,31,33H,4-6,10-11,15-16,22-25H2,1-3H3,(H,44,50)(H,47,55)(H,48,51)(H,53,54)/t28?,29-,31+,33+,43?/m1/s1. The van der Waals surface area contributed by atoms with Crippen molar-refractivity contribution < 1.29 is 38.6 Å². The number of benzene rings is 2. The molecule has 2 aromatic carbocycles. The zero-order valence-corrected chi connectivity index (χ0v) is 33.8. The molecule has 14 nitrogen and oxygen atoms in total. The molecule has 4 amide bonds. The molecular weight excluding hydrogens is 761 g/mol. The predicted molar refractivity (Wildman–Crippen MR) is 217 cm³/mol. The number of ether oxygens (including phenoxy) is 2. The van der Waals surface area contributed by atoms with Gasteiger partial charge in [-0.25, -0.2) is 19.6 Å². The van der Waals surface area contributed by atoms with Crippen LogP contribution in [0.25, 0.3) is 21.6 Å². The summed E-state index contributed by atoms with van der Waals surface area (Å²) in [5, 5.41) is 20.7. The van der Waals surface area contributed by atoms with E-state index in [0.717, 1.165) is 36.1 Å². The molecule has 2 aliphatic heterocycles. The molecule has 2 aromatic heterocycles. The Morgan fingerprint density at radius 3 is 2.45 bits per heavy atom. The number of amides is 4. The van der Waals surface area contributed by atoms with Crippen LogP contribution in [0.1, 0.15) is 94.5 Å². The van der Waals surface area contributed by atoms with Gasteiger partial charge < -0.3 is 35.4 Å². The number of rotatable bonds is 8. The second-order valence-corrected chi connectivity index (χ2v) is 17.4. The lowest BCUT2D eigenvalue weighted by molar-refractivity contribution is -0.146. The van der Waals surface area contributed by atoms with Crippen molar-refractivity contribution >= 4 is 52.2 Å². The number of carboxylic acid groups (broad SMARTS) is 1. The topological polar surface area (TPSA) is 189 Å². The Hall–Kier alpha value is -5.57. The van der Waals surface area contributed by atoms with E-state index in [2.05, 4.69) is 16.0 Å². The van der Waals surface area contributed by atoms with Crippen molar-refractivity contribution in [1.82, 2.24) is 30.8 Å². The summed E-state index contributed by atoms with van der Waals surface area (Å²) in [6.45, 7) is 5.55. The Morgan fingerprint density at radius 1 is 0.966 bits per heavy atom. The Kier molecular flexibility index (Phi) is 12.0. The van der Waals surface area contributed by atoms with Gasteiger partial charge in [0.25, 0.3) is 5.91 Å². The first kappa shape index (κ1) is 40.6. The molecule has 306 valence electrons. The van der Waals surface area contributed by atoms with E-state index in [1.54, 1.807) is 39.0 Å². The average molecular weight is 811 g/mol. The molecule has 1 aliphatic carbocycles. The van der Waals surface area contributed by atoms with Crippen LogP contribution in [0.15, 0.2) is 66.0 Å². The number of aromatic nitrogens is 2. The first-order valence-electron chi connectivity index (χ1n) is 20.0. The SMILES string of the molecule is CC(C)(C)OC(=O)N[C@H]1CCCCCCCC2CC2(C(=O)O)NC(=O)[C@@H]2C[C@@H](Oc3nc4ccc(C(=O)NCc5ccccc5)cc4nc3-c3cccs3)CN2C1=O. The first-order chi connectivity index (χ1) is 27.8. The van der Waals surface area contributed by atoms with E-state index in [1.165, 1.54) is 16.2 Å². The maximum atomic E-state index is 14.5. The van der Waals surface area contributed by atoms with Gasteiger partial charge in [-0.3, -0.25) is 14.4 Å². The summed E-state index contributed by atoms with van der Waals surface area (Å²) in [6.07, 6.45) is 4.02. The molecule has 7 rings (SSSR count). The fourth-order valence-electron chi connectivity index (χ4n) is 7.88. The molecule has 4 aromatic rings. The Labute approximate surface area is 341 Å². The van der Waals surface area contributed by atoms with E-state index >= 15 is 0 Å². The molecule has 0 radical (unpaired) electrons. The number of hydrogen-bond donors (Lipinski definition) is 4. The number of nitrogens with one attached hydrogen (secondary N) is 3. The zero-order chi connectivity index (χ0) is 41.0. The number of aliphatic carboxylic acids is 1. The van der Waals surface area contributed by atoms with Gasteiger partial charge in [0.1, 0.15) is 35.0 Å². The third kappa shape index (κ3) is 9.41. The summed E-state index contributed by atoms with van der Waals surface area (Å²) in [5.74, 6) is -2.43. The van der Waals surface area contributed by atoms with E-state index in [-0.39, 0.29) is 30.7 Å². The van der Waals surface area contributed by atoms with Crippen LogP contribution in [0.3, 0.4) is 0 Å². The lowest BCUT2D eigenvalue weighted by Crippen LogP contribution is -2.56. The average Bonchev–Trinajstić information content (AvgIpc) is 3.48. The minimum atomic E-state index is -1.40. The summed E-state index contributed by atoms with van der Waals surface area (Å²) in [6, 6.07) is 16.3. The van der Waals surface area contributed by atoms with Crippen LogP contribution in [0.2, 0.25) is 0 Å². The van der Waals surface area contributed by atoms with E-state index in [0.29, 0.717) is 54.5 Å². The van der Waals surface area contributed by atoms with Crippen molar-refractivity contribution in [2.75, 3.05) is 6.54 Å². The lowest BCUT2D eigenvalue weighted by Gasteiger charge is -2.30. The van der Waals surface area contributed by atoms with Crippen LogP contribution in [0.5, 0.6) is 5.88 Å². The number of nitrogens with zero attached hydrogens (tertiary/aromatic N) is 3. The zero-order valence-electron chi connectivity index (χ0n) is 33.0. The van der Waals surface area contributed by atoms with Gasteiger partial charge in [-0.05, 0) is 81.2 Å². The molecule has 4 heterocycles. The minimum absolute atomic E-state index is 0.0307. The van der Waals surface area contributed by atoms with Crippen LogP contribution in [-0.4, -0.2) is 85.6 Å². The number of carbonyl (C=O) groups is 5. The third-order valence-corrected chi connectivity index (χ3v) is 11.8. The number of carbonyl (C=O) groups excluding carboxylic acids is 4. The van der Waals surface area contributed by atoms with Gasteiger partial charge in [-0.15, -0.1) is 11.3 Å². The maximum Gasteiger partial charge on any atom is 0.408 e. The van der Waals surface area contributed by atoms with E-state index in [9.17, 15) is 29.1 Å². The first-order valence-corrected chi connectivity index (χ1v) is 20.9. The van der Waals surface area contributed by atoms with E-state index in [4.69, 9.17) is 19.4 Å². The Balaban J connectivity index is 1.17. The van der Waals surface area contributed by atoms with Gasteiger partial charge in [0.15, 0.2) is 0 Å². The summed E-state index contributed by atoms with van der Waals surface area (Å²) in [7, 11) is 0. The number of alkyl carbamates (subject to hydrolysis) is 1. The number of thiophene rings is 1. The molecule has 5 atom stereocenters. The second-order valence-electron chi connectivity index (χ2n) is 16.4. The van der Waals surface area contributed by atoms with Crippen molar-refractivity contribution in [3.05, 3.63) is 77.2 Å². The molecule has 15 heteroatoms. The highest BCUT2D eigenvalue weighted by atomic mass is 32.1. The number of hydrogen-bond acceptors (Lipinski definition) is 10. The van der Waals surface area contributed by atoms with Crippen LogP contribution >= 0.6 is 11.3 Å². The molecule has 1 saturated carbocycles. The summed E-state index contributed by atoms with van der Waals surface area (Å²) >= 11 is 1.43. The van der Waals surface area contributed by atoms with Crippen molar-refractivity contribution in [2.24, 2.45) is 5.92 Å². The van der Waals surface area contributed by atoms with E-state index in [1.807, 2.05) is 47.8 Å². The molecule has 2 unspecified atom stereocenters. The predicted octanol–water partition coefficient (Wildman–Crippen LogP) is 6.23. The molecular formula is C43H50N6O8S. The summed E-state index contributed by atoms with van der Waals surface area (Å²) in [5.41, 5.74) is 0.572. The Morgan fingerprint density at radius 2 is 1.72 bits per heavy atom. The highest BCUT2D eigenvalue weighted by Crippen LogP contribution is 2.47. The highest BCUT2D eigenvalue weighted by Gasteiger charge is 2.62. The van der Waals surface area contributed by atoms with Crippen LogP contribution in [-0.2, 0) is 25.7 Å². The highest BCUT2D eigenvalue weighted by molar-refractivity contribution is 7.13. The van der Waals surface area contributed by atoms with Crippen molar-refractivity contribution in [3.63, 3.8) is 0 Å². The van der Waals surface area contributed by atoms with Crippen molar-refractivity contribution in [1.29, 1.82) is 0 Å². The largest absolute Gasteiger partial charge is 0.479 e. The van der Waals surface area contributed by atoms with Gasteiger partial charge in [-0.2, -0.15) is 0 Å². The molecule has 0 spiro atoms. The normalized spacial score (nSPS) is 24.0. The maximum absolute atomic E-state index is 14.5. The third-order valence-electron chi connectivity index (χ3n) is 10.9. The second kappa shape index (κ2) is 17.1. The molecule has 3 fully saturated rings. The fourth-order valence-corrected chi connectivity index (χ4v) is 8.58. The van der Waals surface area contributed by atoms with Gasteiger partial charge in [0, 0.05) is 18.5 Å². The van der Waals surface area contributed by atoms with Crippen molar-refractivity contribution in [2.45, 2.75) is 114 Å². The van der Waals surface area contributed by atoms with Gasteiger partial charge in [0.05, 0.1) is 22.5 Å². The van der Waals surface area contributed by atoms with Gasteiger partial charge in [-0.1, -0.05) is 68.5 Å². The Bertz CT molecular complexity index is 2160. The molecule has 2 saturated heterocycles. The summed E-state index contributed by atoms with van der Waals surface area (Å²) in [4.78, 5) is 79.4. The molecule has 3 aliphatic rings. The van der Waals surface area contributed by atoms with E-state index < -0.39 is 53.2 Å². The minimum Gasteiger partial charge on any atom is -0.479 e. The van der Waals surface area contributed by atoms with Crippen LogP contribution in [0.4, 0.5) is 4.79 Å². The van der Waals surface area contributed by atoms with Crippen molar-refractivity contribution in [3.8, 4) is 16.5 Å². The monoisotopic (exact) mass is 810 g/mol. The van der Waals surface area contributed by atoms with Crippen LogP contribution < -0.4 is 20.7 Å². The number of fused-ring (bicyclic) bond motifs is 3.